The molecule has 3 aliphatic rings. The van der Waals surface area contributed by atoms with Crippen molar-refractivity contribution >= 4 is 47.3 Å². The predicted molar refractivity (Wildman–Crippen MR) is 218 cm³/mol. The summed E-state index contributed by atoms with van der Waals surface area (Å²) in [5, 5.41) is 0. The normalized spacial score (nSPS) is 20.7. The van der Waals surface area contributed by atoms with Gasteiger partial charge < -0.3 is 18.9 Å². The number of rotatable bonds is 12. The second-order valence-electron chi connectivity index (χ2n) is 15.4. The van der Waals surface area contributed by atoms with Crippen molar-refractivity contribution in [3.8, 4) is 0 Å². The molecule has 2 heterocycles. The number of hydrogen-bond acceptors (Lipinski definition) is 10. The van der Waals surface area contributed by atoms with E-state index in [1.165, 1.54) is 3.98 Å². The third kappa shape index (κ3) is 8.35. The molecule has 1 aliphatic carbocycles. The Kier molecular flexibility index (Phi) is 11.5. The fourth-order valence-electron chi connectivity index (χ4n) is 8.23. The van der Waals surface area contributed by atoms with Crippen molar-refractivity contribution < 1.29 is 38.3 Å². The van der Waals surface area contributed by atoms with Crippen molar-refractivity contribution in [2.45, 2.75) is 69.1 Å². The molecule has 0 radical (unpaired) electrons. The molecule has 0 unspecified atom stereocenters. The molecule has 6 rings (SSSR count). The fraction of sp³-hybridized carbons (Fsp3) is 0.357. The first-order chi connectivity index (χ1) is 26.2. The van der Waals surface area contributed by atoms with Crippen molar-refractivity contribution in [2.24, 2.45) is 0 Å². The summed E-state index contributed by atoms with van der Waals surface area (Å²) in [6, 6.07) is 24.0. The summed E-state index contributed by atoms with van der Waals surface area (Å²) in [6.07, 6.45) is 9.23. The van der Waals surface area contributed by atoms with E-state index in [9.17, 15) is 34.4 Å². The van der Waals surface area contributed by atoms with Crippen LogP contribution in [0.5, 0.6) is 0 Å². The summed E-state index contributed by atoms with van der Waals surface area (Å²) in [4.78, 5) is 4.24. The molecule has 0 amide bonds. The van der Waals surface area contributed by atoms with Gasteiger partial charge in [-0.1, -0.05) is 94.4 Å². The number of sulfonamides is 1. The minimum absolute atomic E-state index is 0.144. The van der Waals surface area contributed by atoms with Gasteiger partial charge in [0.15, 0.2) is 7.05 Å². The van der Waals surface area contributed by atoms with Gasteiger partial charge in [0.2, 0.25) is 5.71 Å². The molecule has 3 aromatic carbocycles. The Balaban J connectivity index is 1.47. The molecule has 0 saturated heterocycles. The van der Waals surface area contributed by atoms with Gasteiger partial charge in [-0.2, -0.15) is 8.42 Å². The first-order valence-corrected chi connectivity index (χ1v) is 23.2. The number of benzene rings is 3. The van der Waals surface area contributed by atoms with Crippen LogP contribution in [0.15, 0.2) is 131 Å². The number of anilines is 2. The van der Waals surface area contributed by atoms with Gasteiger partial charge in [-0.3, -0.25) is 0 Å². The van der Waals surface area contributed by atoms with Crippen LogP contribution in [-0.4, -0.2) is 75.7 Å². The van der Waals surface area contributed by atoms with E-state index < -0.39 is 52.6 Å². The van der Waals surface area contributed by atoms with E-state index in [0.717, 1.165) is 45.0 Å². The van der Waals surface area contributed by atoms with Gasteiger partial charge in [0.05, 0.1) is 20.2 Å². The molecule has 298 valence electrons. The van der Waals surface area contributed by atoms with Crippen molar-refractivity contribution in [3.05, 3.63) is 137 Å². The second kappa shape index (κ2) is 15.5. The highest BCUT2D eigenvalue weighted by molar-refractivity contribution is 7.86. The van der Waals surface area contributed by atoms with E-state index in [0.29, 0.717) is 31.6 Å². The van der Waals surface area contributed by atoms with Crippen LogP contribution in [0.25, 0.3) is 0 Å². The maximum absolute atomic E-state index is 14.2. The van der Waals surface area contributed by atoms with Gasteiger partial charge in [-0.15, -0.1) is 3.98 Å². The third-order valence-corrected chi connectivity index (χ3v) is 14.4. The van der Waals surface area contributed by atoms with Gasteiger partial charge in [0, 0.05) is 69.3 Å². The molecule has 2 aliphatic heterocycles. The summed E-state index contributed by atoms with van der Waals surface area (Å²) >= 11 is 0. The van der Waals surface area contributed by atoms with E-state index in [1.54, 1.807) is 37.4 Å². The molecular formula is C42H48N3O8S3-. The summed E-state index contributed by atoms with van der Waals surface area (Å²) in [6.45, 7) is 8.96. The lowest BCUT2D eigenvalue weighted by atomic mass is 9.83. The van der Waals surface area contributed by atoms with E-state index in [4.69, 9.17) is 0 Å². The third-order valence-electron chi connectivity index (χ3n) is 11.0. The molecule has 14 heteroatoms. The fourth-order valence-corrected chi connectivity index (χ4v) is 10.5. The van der Waals surface area contributed by atoms with Crippen LogP contribution in [0.1, 0.15) is 64.5 Å². The Morgan fingerprint density at radius 2 is 1.00 bits per heavy atom. The topological polar surface area (TPSA) is 158 Å². The van der Waals surface area contributed by atoms with Gasteiger partial charge in [0.25, 0.3) is 0 Å². The maximum Gasteiger partial charge on any atom is 0.395 e. The molecule has 0 spiro atoms. The first kappa shape index (κ1) is 41.3. The molecule has 1 fully saturated rings. The van der Waals surface area contributed by atoms with E-state index in [1.807, 2.05) is 82.6 Å². The molecule has 11 nitrogen and oxygen atoms in total. The number of fused-ring (bicyclic) bond motifs is 2. The highest BCUT2D eigenvalue weighted by atomic mass is 32.2. The second-order valence-corrected chi connectivity index (χ2v) is 20.5. The molecule has 0 atom stereocenters. The first-order valence-electron chi connectivity index (χ1n) is 18.6. The maximum atomic E-state index is 14.2. The van der Waals surface area contributed by atoms with Crippen LogP contribution in [0.4, 0.5) is 11.4 Å². The lowest BCUT2D eigenvalue weighted by Gasteiger charge is -2.27. The number of allylic oxidation sites excluding steroid dienone is 8. The van der Waals surface area contributed by atoms with Gasteiger partial charge in [-0.05, 0) is 73.2 Å². The van der Waals surface area contributed by atoms with Crippen molar-refractivity contribution in [3.63, 3.8) is 0 Å². The SMILES string of the molecule is C[N+](=C1/C(=C/C=C2/N(CCCS(=O)(=O)[O-])c3ccccc3C2(C)C)CC/C1=C\C=C1\N(CCCS(=O)(=O)[O-])c2ccccc2C1(C)C)S(=O)(=O)c1ccccc1. The number of hydrogen-bond donors (Lipinski definition) is 0. The van der Waals surface area contributed by atoms with Gasteiger partial charge in [0.1, 0.15) is 4.90 Å². The zero-order chi connectivity index (χ0) is 40.7. The summed E-state index contributed by atoms with van der Waals surface area (Å²) in [5.74, 6) is -0.970. The number of para-hydroxylation sites is 2. The highest BCUT2D eigenvalue weighted by Crippen LogP contribution is 2.49. The van der Waals surface area contributed by atoms with Crippen LogP contribution < -0.4 is 9.80 Å². The summed E-state index contributed by atoms with van der Waals surface area (Å²) in [5.41, 5.74) is 6.91. The smallest absolute Gasteiger partial charge is 0.395 e. The monoisotopic (exact) mass is 818 g/mol. The van der Waals surface area contributed by atoms with Crippen molar-refractivity contribution in [1.29, 1.82) is 0 Å². The quantitative estimate of drug-likeness (QED) is 0.149. The minimum Gasteiger partial charge on any atom is -0.748 e. The summed E-state index contributed by atoms with van der Waals surface area (Å²) < 4.78 is 98.7. The van der Waals surface area contributed by atoms with Crippen molar-refractivity contribution in [2.75, 3.05) is 41.4 Å². The molecule has 3 aromatic rings. The molecule has 0 N–H and O–H groups in total. The molecule has 56 heavy (non-hydrogen) atoms. The standard InChI is InChI=1S/C42H49N3O8S3/c1-41(2)34-17-9-11-19-36(34)44(27-13-29-54(46,47)48)38(41)25-23-31-21-22-32(40(31)43(5)56(52,53)33-15-7-6-8-16-33)24-26-39-42(3,4)35-18-10-12-20-37(35)45(39)28-14-30-55(49,50)51/h6-12,15-20,23-26H,13-14,21-22,27-30H2,1-5H3,(H-,46,47,48,49,50,51)/p-1. The Bertz CT molecular complexity index is 2380. The molecule has 1 saturated carbocycles. The molecule has 0 aromatic heterocycles. The molecular weight excluding hydrogens is 771 g/mol. The van der Waals surface area contributed by atoms with Gasteiger partial charge >= 0.3 is 10.0 Å². The van der Waals surface area contributed by atoms with Crippen LogP contribution in [-0.2, 0) is 41.1 Å². The zero-order valence-electron chi connectivity index (χ0n) is 32.3. The summed E-state index contributed by atoms with van der Waals surface area (Å²) in [7, 11) is -11.2. The van der Waals surface area contributed by atoms with Crippen LogP contribution in [0.3, 0.4) is 0 Å². The Morgan fingerprint density at radius 3 is 1.41 bits per heavy atom. The van der Waals surface area contributed by atoms with E-state index in [-0.39, 0.29) is 17.7 Å². The zero-order valence-corrected chi connectivity index (χ0v) is 34.8. The average Bonchev–Trinajstić information content (AvgIpc) is 3.70. The van der Waals surface area contributed by atoms with Crippen LogP contribution >= 0.6 is 0 Å². The Hall–Kier alpha value is -4.34. The molecule has 0 bridgehead atoms. The minimum atomic E-state index is -4.40. The van der Waals surface area contributed by atoms with E-state index in [2.05, 4.69) is 27.7 Å². The largest absolute Gasteiger partial charge is 0.748 e. The van der Waals surface area contributed by atoms with E-state index >= 15 is 0 Å². The van der Waals surface area contributed by atoms with Crippen molar-refractivity contribution in [1.82, 2.24) is 0 Å². The lowest BCUT2D eigenvalue weighted by molar-refractivity contribution is -0.325. The highest BCUT2D eigenvalue weighted by Gasteiger charge is 2.42. The predicted octanol–water partition coefficient (Wildman–Crippen LogP) is 6.34. The van der Waals surface area contributed by atoms with Crippen LogP contribution in [0.2, 0.25) is 0 Å². The average molecular weight is 819 g/mol. The lowest BCUT2D eigenvalue weighted by Crippen LogP contribution is -2.28. The Labute approximate surface area is 331 Å². The Morgan fingerprint density at radius 1 is 0.607 bits per heavy atom. The number of nitrogens with zero attached hydrogens (tertiary/aromatic N) is 3. The van der Waals surface area contributed by atoms with Gasteiger partial charge in [-0.25, -0.2) is 16.8 Å². The van der Waals surface area contributed by atoms with Crippen LogP contribution in [0, 0.1) is 0 Å².